The van der Waals surface area contributed by atoms with Crippen LogP contribution < -0.4 is 0 Å². The van der Waals surface area contributed by atoms with Crippen LogP contribution in [-0.4, -0.2) is 23.4 Å². The quantitative estimate of drug-likeness (QED) is 0.0528. The van der Waals surface area contributed by atoms with Crippen LogP contribution in [0.2, 0.25) is 0 Å². The van der Waals surface area contributed by atoms with Crippen molar-refractivity contribution < 1.29 is 5.21 Å². The number of hydrogen-bond donors (Lipinski definition) is 1. The molecule has 0 aliphatic carbocycles. The fourth-order valence-corrected chi connectivity index (χ4v) is 5.26. The number of nitrogens with zero attached hydrogens (tertiary/aromatic N) is 1. The molecule has 0 spiro atoms. The van der Waals surface area contributed by atoms with E-state index >= 15 is 0 Å². The summed E-state index contributed by atoms with van der Waals surface area (Å²) < 4.78 is 0. The third-order valence-corrected chi connectivity index (χ3v) is 7.91. The average Bonchev–Trinajstić information content (AvgIpc) is 2.92. The highest BCUT2D eigenvalue weighted by Gasteiger charge is 1.96. The summed E-state index contributed by atoms with van der Waals surface area (Å²) in [7, 11) is 0. The molecule has 226 valence electrons. The highest BCUT2D eigenvalue weighted by Crippen LogP contribution is 2.14. The van der Waals surface area contributed by atoms with Gasteiger partial charge >= 0.3 is 0 Å². The van der Waals surface area contributed by atoms with Crippen molar-refractivity contribution in [2.24, 2.45) is 0 Å². The van der Waals surface area contributed by atoms with Crippen molar-refractivity contribution in [3.63, 3.8) is 0 Å². The number of unbranched alkanes of at least 4 members (excludes halogenated alkanes) is 26. The molecule has 0 atom stereocenters. The molecule has 0 aromatic carbocycles. The van der Waals surface area contributed by atoms with Gasteiger partial charge in [0.2, 0.25) is 0 Å². The van der Waals surface area contributed by atoms with Gasteiger partial charge in [0.05, 0.1) is 0 Å². The van der Waals surface area contributed by atoms with E-state index in [-0.39, 0.29) is 0 Å². The second kappa shape index (κ2) is 34.4. The van der Waals surface area contributed by atoms with Gasteiger partial charge in [0.15, 0.2) is 0 Å². The van der Waals surface area contributed by atoms with Gasteiger partial charge in [0.1, 0.15) is 0 Å². The van der Waals surface area contributed by atoms with Gasteiger partial charge in [-0.1, -0.05) is 192 Å². The summed E-state index contributed by atoms with van der Waals surface area (Å²) in [6, 6.07) is 0. The number of hydroxylamine groups is 2. The van der Waals surface area contributed by atoms with Crippen molar-refractivity contribution in [1.82, 2.24) is 5.06 Å². The summed E-state index contributed by atoms with van der Waals surface area (Å²) >= 11 is 0. The Morgan fingerprint density at radius 3 is 0.842 bits per heavy atom. The van der Waals surface area contributed by atoms with Crippen molar-refractivity contribution in [3.8, 4) is 0 Å². The van der Waals surface area contributed by atoms with Crippen LogP contribution in [0.5, 0.6) is 0 Å². The fourth-order valence-electron chi connectivity index (χ4n) is 5.26. The molecule has 0 aliphatic heterocycles. The average molecular weight is 534 g/mol. The highest BCUT2D eigenvalue weighted by molar-refractivity contribution is 4.87. The van der Waals surface area contributed by atoms with E-state index in [1.165, 1.54) is 172 Å². The molecule has 0 saturated carbocycles. The van der Waals surface area contributed by atoms with Gasteiger partial charge in [-0.3, -0.25) is 0 Å². The molecule has 0 unspecified atom stereocenters. The molecule has 1 N–H and O–H groups in total. The van der Waals surface area contributed by atoms with E-state index in [0.29, 0.717) is 13.1 Å². The van der Waals surface area contributed by atoms with Crippen LogP contribution in [-0.2, 0) is 0 Å². The summed E-state index contributed by atoms with van der Waals surface area (Å²) in [5, 5.41) is 11.4. The molecular weight excluding hydrogens is 462 g/mol. The van der Waals surface area contributed by atoms with E-state index in [2.05, 4.69) is 38.2 Å². The minimum absolute atomic E-state index is 0.640. The normalized spacial score (nSPS) is 12.1. The first-order valence-electron chi connectivity index (χ1n) is 17.5. The first-order chi connectivity index (χ1) is 18.8. The summed E-state index contributed by atoms with van der Waals surface area (Å²) in [4.78, 5) is 0. The standard InChI is InChI=1S/C36H71NO/c1-3-5-7-9-11-13-15-17-19-21-23-25-27-29-31-33-35-37(38)36-34-32-30-28-26-24-22-20-18-16-14-12-10-8-6-4-2/h31-34,38H,3-30,35-36H2,1-2H3. The second-order valence-corrected chi connectivity index (χ2v) is 11.9. The minimum Gasteiger partial charge on any atom is -0.313 e. The maximum atomic E-state index is 10.0. The molecule has 0 radical (unpaired) electrons. The highest BCUT2D eigenvalue weighted by atomic mass is 16.5. The van der Waals surface area contributed by atoms with Gasteiger partial charge in [0.25, 0.3) is 0 Å². The molecule has 0 fully saturated rings. The molecule has 0 bridgehead atoms. The van der Waals surface area contributed by atoms with Gasteiger partial charge in [-0.15, -0.1) is 0 Å². The van der Waals surface area contributed by atoms with Crippen molar-refractivity contribution in [3.05, 3.63) is 24.3 Å². The number of rotatable bonds is 32. The summed E-state index contributed by atoms with van der Waals surface area (Å²) in [5.74, 6) is 0. The number of allylic oxidation sites excluding steroid dienone is 2. The van der Waals surface area contributed by atoms with Gasteiger partial charge in [-0.05, 0) is 25.7 Å². The van der Waals surface area contributed by atoms with Gasteiger partial charge in [0, 0.05) is 13.1 Å². The topological polar surface area (TPSA) is 23.5 Å². The van der Waals surface area contributed by atoms with Crippen molar-refractivity contribution in [2.45, 2.75) is 194 Å². The smallest absolute Gasteiger partial charge is 0.0422 e. The molecule has 0 amide bonds. The van der Waals surface area contributed by atoms with Crippen LogP contribution in [0.15, 0.2) is 24.3 Å². The van der Waals surface area contributed by atoms with E-state index in [1.807, 2.05) is 0 Å². The predicted molar refractivity (Wildman–Crippen MR) is 172 cm³/mol. The molecule has 0 aromatic heterocycles. The van der Waals surface area contributed by atoms with E-state index < -0.39 is 0 Å². The molecule has 38 heavy (non-hydrogen) atoms. The zero-order valence-corrected chi connectivity index (χ0v) is 26.4. The minimum atomic E-state index is 0.640. The molecule has 0 saturated heterocycles. The molecule has 2 heteroatoms. The van der Waals surface area contributed by atoms with E-state index in [9.17, 15) is 5.21 Å². The summed E-state index contributed by atoms with van der Waals surface area (Å²) in [6.07, 6.45) is 47.7. The molecular formula is C36H71NO. The van der Waals surface area contributed by atoms with Crippen molar-refractivity contribution >= 4 is 0 Å². The van der Waals surface area contributed by atoms with Gasteiger partial charge < -0.3 is 5.21 Å². The Balaban J connectivity index is 3.27. The zero-order chi connectivity index (χ0) is 27.6. The molecule has 2 nitrogen and oxygen atoms in total. The largest absolute Gasteiger partial charge is 0.313 e. The predicted octanol–water partition coefficient (Wildman–Crippen LogP) is 12.8. The second-order valence-electron chi connectivity index (χ2n) is 11.9. The first-order valence-corrected chi connectivity index (χ1v) is 17.5. The van der Waals surface area contributed by atoms with Crippen LogP contribution in [0.4, 0.5) is 0 Å². The fraction of sp³-hybridized carbons (Fsp3) is 0.889. The number of hydrogen-bond acceptors (Lipinski definition) is 2. The van der Waals surface area contributed by atoms with Crippen molar-refractivity contribution in [1.29, 1.82) is 0 Å². The van der Waals surface area contributed by atoms with E-state index in [0.717, 1.165) is 12.8 Å². The maximum absolute atomic E-state index is 10.0. The van der Waals surface area contributed by atoms with E-state index in [1.54, 1.807) is 0 Å². The maximum Gasteiger partial charge on any atom is 0.0422 e. The van der Waals surface area contributed by atoms with Crippen LogP contribution in [0.3, 0.4) is 0 Å². The Morgan fingerprint density at radius 2 is 0.579 bits per heavy atom. The van der Waals surface area contributed by atoms with Crippen molar-refractivity contribution in [2.75, 3.05) is 13.1 Å². The molecule has 0 rings (SSSR count). The third-order valence-electron chi connectivity index (χ3n) is 7.91. The Kier molecular flexibility index (Phi) is 33.9. The Morgan fingerprint density at radius 1 is 0.342 bits per heavy atom. The lowest BCUT2D eigenvalue weighted by atomic mass is 10.0. The molecule has 0 heterocycles. The molecule has 0 aromatic rings. The SMILES string of the molecule is CCCCCCCCCCCCCCCC=CCN(O)CC=CCCCCCCCCCCCCCCC. The lowest BCUT2D eigenvalue weighted by molar-refractivity contribution is -0.0693. The van der Waals surface area contributed by atoms with E-state index in [4.69, 9.17) is 0 Å². The Labute approximate surface area is 241 Å². The molecule has 0 aliphatic rings. The van der Waals surface area contributed by atoms with Crippen LogP contribution in [0.1, 0.15) is 194 Å². The zero-order valence-electron chi connectivity index (χ0n) is 26.4. The Hall–Kier alpha value is -0.600. The first kappa shape index (κ1) is 37.4. The van der Waals surface area contributed by atoms with Crippen LogP contribution in [0, 0.1) is 0 Å². The lowest BCUT2D eigenvalue weighted by Gasteiger charge is -2.08. The summed E-state index contributed by atoms with van der Waals surface area (Å²) in [5.41, 5.74) is 0. The monoisotopic (exact) mass is 534 g/mol. The van der Waals surface area contributed by atoms with Crippen LogP contribution in [0.25, 0.3) is 0 Å². The summed E-state index contributed by atoms with van der Waals surface area (Å²) in [6.45, 7) is 5.86. The van der Waals surface area contributed by atoms with Gasteiger partial charge in [-0.25, -0.2) is 0 Å². The lowest BCUT2D eigenvalue weighted by Crippen LogP contribution is -2.18. The Bertz CT molecular complexity index is 430. The third kappa shape index (κ3) is 33.4. The van der Waals surface area contributed by atoms with Crippen LogP contribution >= 0.6 is 0 Å². The van der Waals surface area contributed by atoms with Gasteiger partial charge in [-0.2, -0.15) is 5.06 Å².